The first-order valence-corrected chi connectivity index (χ1v) is 11.5. The molecule has 0 saturated heterocycles. The van der Waals surface area contributed by atoms with Crippen LogP contribution in [-0.4, -0.2) is 6.04 Å². The van der Waals surface area contributed by atoms with Crippen LogP contribution in [0, 0.1) is 12.8 Å². The monoisotopic (exact) mass is 365 g/mol. The van der Waals surface area contributed by atoms with Gasteiger partial charge in [-0.3, -0.25) is 0 Å². The van der Waals surface area contributed by atoms with E-state index in [2.05, 4.69) is 58.1 Å². The maximum absolute atomic E-state index is 3.95. The van der Waals surface area contributed by atoms with Crippen molar-refractivity contribution in [1.82, 2.24) is 5.32 Å². The predicted molar refractivity (Wildman–Crippen MR) is 117 cm³/mol. The number of aryl methyl sites for hydroxylation is 1. The molecular formula is C26H39N. The van der Waals surface area contributed by atoms with E-state index in [0.717, 1.165) is 5.92 Å². The molecule has 0 aromatic heterocycles. The molecule has 1 heterocycles. The van der Waals surface area contributed by atoms with Crippen LogP contribution in [0.3, 0.4) is 0 Å². The van der Waals surface area contributed by atoms with Crippen molar-refractivity contribution in [2.45, 2.75) is 109 Å². The number of hydrogen-bond acceptors (Lipinski definition) is 1. The molecule has 2 atom stereocenters. The second-order valence-electron chi connectivity index (χ2n) is 10.5. The molecule has 1 heteroatoms. The average molecular weight is 366 g/mol. The Morgan fingerprint density at radius 3 is 2.44 bits per heavy atom. The van der Waals surface area contributed by atoms with Gasteiger partial charge in [-0.1, -0.05) is 59.1 Å². The van der Waals surface area contributed by atoms with E-state index in [1.54, 1.807) is 11.1 Å². The Balaban J connectivity index is 1.66. The third-order valence-corrected chi connectivity index (χ3v) is 8.25. The lowest BCUT2D eigenvalue weighted by molar-refractivity contribution is 0.293. The van der Waals surface area contributed by atoms with Crippen LogP contribution in [0.25, 0.3) is 5.70 Å². The summed E-state index contributed by atoms with van der Waals surface area (Å²) >= 11 is 0. The van der Waals surface area contributed by atoms with Gasteiger partial charge in [0.05, 0.1) is 0 Å². The van der Waals surface area contributed by atoms with E-state index < -0.39 is 0 Å². The Morgan fingerprint density at radius 1 is 1.00 bits per heavy atom. The highest BCUT2D eigenvalue weighted by atomic mass is 15.0. The second kappa shape index (κ2) is 6.98. The van der Waals surface area contributed by atoms with Crippen LogP contribution < -0.4 is 5.32 Å². The van der Waals surface area contributed by atoms with E-state index in [-0.39, 0.29) is 0 Å². The highest BCUT2D eigenvalue weighted by molar-refractivity contribution is 5.71. The Morgan fingerprint density at radius 2 is 1.74 bits per heavy atom. The van der Waals surface area contributed by atoms with E-state index in [9.17, 15) is 0 Å². The Hall–Kier alpha value is -1.24. The zero-order valence-electron chi connectivity index (χ0n) is 18.3. The van der Waals surface area contributed by atoms with Gasteiger partial charge in [0.1, 0.15) is 0 Å². The minimum atomic E-state index is 0.301. The first-order valence-electron chi connectivity index (χ1n) is 11.5. The molecule has 1 aromatic rings. The molecule has 0 spiro atoms. The second-order valence-corrected chi connectivity index (χ2v) is 10.5. The summed E-state index contributed by atoms with van der Waals surface area (Å²) in [6, 6.07) is 5.76. The molecule has 1 aliphatic heterocycles. The highest BCUT2D eigenvalue weighted by Crippen LogP contribution is 2.49. The molecule has 2 aliphatic carbocycles. The van der Waals surface area contributed by atoms with Gasteiger partial charge in [0.15, 0.2) is 0 Å². The van der Waals surface area contributed by atoms with E-state index in [1.165, 1.54) is 74.6 Å². The Kier molecular flexibility index (Phi) is 4.93. The summed E-state index contributed by atoms with van der Waals surface area (Å²) in [4.78, 5) is 0. The molecule has 1 nitrogen and oxygen atoms in total. The van der Waals surface area contributed by atoms with Crippen molar-refractivity contribution in [3.63, 3.8) is 0 Å². The molecule has 1 aromatic carbocycles. The van der Waals surface area contributed by atoms with Crippen LogP contribution in [0.15, 0.2) is 18.2 Å². The summed E-state index contributed by atoms with van der Waals surface area (Å²) in [6.45, 7) is 12.0. The van der Waals surface area contributed by atoms with Gasteiger partial charge >= 0.3 is 0 Å². The number of hydrogen-bond donors (Lipinski definition) is 1. The smallest absolute Gasteiger partial charge is 0.0379 e. The molecule has 0 amide bonds. The fraction of sp³-hybridized carbons (Fsp3) is 0.692. The third-order valence-electron chi connectivity index (χ3n) is 8.25. The van der Waals surface area contributed by atoms with Crippen molar-refractivity contribution < 1.29 is 0 Å². The van der Waals surface area contributed by atoms with E-state index in [0.29, 0.717) is 16.9 Å². The lowest BCUT2D eigenvalue weighted by atomic mass is 9.61. The number of nitrogens with one attached hydrogen (secondary N) is 1. The maximum Gasteiger partial charge on any atom is 0.0379 e. The molecular weight excluding hydrogens is 326 g/mol. The standard InChI is InChI=1S/C26H39N/c1-6-26(5)15-14-25(3,4)21-16-18(2)20(17-22(21)26)24-13-12-23(27-24)19-10-8-7-9-11-19/h13,16-17,19,23,27H,6-12,14-15H2,1-5H3. The molecule has 4 rings (SSSR count). The molecule has 27 heavy (non-hydrogen) atoms. The number of fused-ring (bicyclic) bond motifs is 1. The van der Waals surface area contributed by atoms with Gasteiger partial charge < -0.3 is 5.32 Å². The van der Waals surface area contributed by atoms with Crippen molar-refractivity contribution in [2.24, 2.45) is 5.92 Å². The van der Waals surface area contributed by atoms with Gasteiger partial charge in [-0.2, -0.15) is 0 Å². The first kappa shape index (κ1) is 19.1. The largest absolute Gasteiger partial charge is 0.381 e. The number of rotatable bonds is 3. The summed E-state index contributed by atoms with van der Waals surface area (Å²) in [5.41, 5.74) is 8.17. The fourth-order valence-corrected chi connectivity index (χ4v) is 5.88. The molecule has 1 saturated carbocycles. The van der Waals surface area contributed by atoms with Crippen LogP contribution in [-0.2, 0) is 10.8 Å². The van der Waals surface area contributed by atoms with Crippen LogP contribution >= 0.6 is 0 Å². The SMILES string of the molecule is CCC1(C)CCC(C)(C)c2cc(C)c(C3=CCC(C4CCCCC4)N3)cc21. The summed E-state index contributed by atoms with van der Waals surface area (Å²) in [7, 11) is 0. The Bertz CT molecular complexity index is 735. The van der Waals surface area contributed by atoms with Gasteiger partial charge in [-0.05, 0) is 85.0 Å². The van der Waals surface area contributed by atoms with E-state index in [4.69, 9.17) is 0 Å². The molecule has 0 radical (unpaired) electrons. The molecule has 3 aliphatic rings. The van der Waals surface area contributed by atoms with Gasteiger partial charge in [-0.25, -0.2) is 0 Å². The van der Waals surface area contributed by atoms with E-state index >= 15 is 0 Å². The fourth-order valence-electron chi connectivity index (χ4n) is 5.88. The maximum atomic E-state index is 3.95. The number of benzene rings is 1. The van der Waals surface area contributed by atoms with Crippen molar-refractivity contribution in [1.29, 1.82) is 0 Å². The third kappa shape index (κ3) is 3.36. The summed E-state index contributed by atoms with van der Waals surface area (Å²) < 4.78 is 0. The average Bonchev–Trinajstić information content (AvgIpc) is 3.16. The molecule has 2 unspecified atom stereocenters. The van der Waals surface area contributed by atoms with Crippen LogP contribution in [0.5, 0.6) is 0 Å². The molecule has 148 valence electrons. The molecule has 1 N–H and O–H groups in total. The first-order chi connectivity index (χ1) is 12.8. The summed E-state index contributed by atoms with van der Waals surface area (Å²) in [5.74, 6) is 0.880. The van der Waals surface area contributed by atoms with Gasteiger partial charge in [0.25, 0.3) is 0 Å². The van der Waals surface area contributed by atoms with Gasteiger partial charge in [0.2, 0.25) is 0 Å². The topological polar surface area (TPSA) is 12.0 Å². The van der Waals surface area contributed by atoms with Crippen LogP contribution in [0.1, 0.15) is 108 Å². The van der Waals surface area contributed by atoms with Gasteiger partial charge in [0, 0.05) is 17.3 Å². The van der Waals surface area contributed by atoms with Crippen LogP contribution in [0.2, 0.25) is 0 Å². The minimum absolute atomic E-state index is 0.301. The normalized spacial score (nSPS) is 30.6. The van der Waals surface area contributed by atoms with Crippen molar-refractivity contribution in [3.8, 4) is 0 Å². The molecule has 0 bridgehead atoms. The summed E-state index contributed by atoms with van der Waals surface area (Å²) in [6.07, 6.45) is 14.7. The van der Waals surface area contributed by atoms with Crippen molar-refractivity contribution in [2.75, 3.05) is 0 Å². The van der Waals surface area contributed by atoms with Crippen molar-refractivity contribution in [3.05, 3.63) is 40.5 Å². The predicted octanol–water partition coefficient (Wildman–Crippen LogP) is 7.02. The zero-order chi connectivity index (χ0) is 19.2. The molecule has 1 fully saturated rings. The Labute approximate surface area is 167 Å². The highest BCUT2D eigenvalue weighted by Gasteiger charge is 2.39. The minimum Gasteiger partial charge on any atom is -0.381 e. The van der Waals surface area contributed by atoms with Gasteiger partial charge in [-0.15, -0.1) is 0 Å². The quantitative estimate of drug-likeness (QED) is 0.607. The van der Waals surface area contributed by atoms with E-state index in [1.807, 2.05) is 0 Å². The van der Waals surface area contributed by atoms with Crippen molar-refractivity contribution >= 4 is 5.70 Å². The zero-order valence-corrected chi connectivity index (χ0v) is 18.3. The summed E-state index contributed by atoms with van der Waals surface area (Å²) in [5, 5.41) is 3.95. The lowest BCUT2D eigenvalue weighted by Crippen LogP contribution is -2.36. The van der Waals surface area contributed by atoms with Crippen LogP contribution in [0.4, 0.5) is 0 Å². The lowest BCUT2D eigenvalue weighted by Gasteiger charge is -2.44.